The maximum atomic E-state index is 12.7. The third-order valence-corrected chi connectivity index (χ3v) is 5.09. The number of fused-ring (bicyclic) bond motifs is 2. The average Bonchev–Trinajstić information content (AvgIpc) is 3.23. The van der Waals surface area contributed by atoms with Crippen LogP contribution in [-0.4, -0.2) is 43.3 Å². The highest BCUT2D eigenvalue weighted by molar-refractivity contribution is 6.05. The second-order valence-electron chi connectivity index (χ2n) is 6.85. The lowest BCUT2D eigenvalue weighted by atomic mass is 10.0. The molecular formula is C19H16N6O3. The van der Waals surface area contributed by atoms with Crippen molar-refractivity contribution in [3.05, 3.63) is 53.7 Å². The molecule has 9 heteroatoms. The van der Waals surface area contributed by atoms with Gasteiger partial charge in [0.2, 0.25) is 17.8 Å². The SMILES string of the molecule is O=C1CCC(N2Cc3cc(Nc4nnc5ccccn45)ccc3C2=O)C(=O)N1. The Hall–Kier alpha value is -3.75. The van der Waals surface area contributed by atoms with E-state index in [0.29, 0.717) is 24.5 Å². The van der Waals surface area contributed by atoms with E-state index < -0.39 is 11.9 Å². The van der Waals surface area contributed by atoms with Crippen molar-refractivity contribution in [1.29, 1.82) is 0 Å². The lowest BCUT2D eigenvalue weighted by Gasteiger charge is -2.29. The molecule has 0 saturated carbocycles. The minimum absolute atomic E-state index is 0.191. The zero-order valence-corrected chi connectivity index (χ0v) is 14.8. The van der Waals surface area contributed by atoms with E-state index >= 15 is 0 Å². The van der Waals surface area contributed by atoms with Gasteiger partial charge in [0.05, 0.1) is 0 Å². The van der Waals surface area contributed by atoms with Crippen molar-refractivity contribution in [2.24, 2.45) is 0 Å². The smallest absolute Gasteiger partial charge is 0.255 e. The van der Waals surface area contributed by atoms with E-state index in [1.807, 2.05) is 34.9 Å². The Labute approximate surface area is 159 Å². The number of amides is 3. The van der Waals surface area contributed by atoms with Crippen LogP contribution in [0.15, 0.2) is 42.6 Å². The highest BCUT2D eigenvalue weighted by atomic mass is 16.2. The van der Waals surface area contributed by atoms with Crippen LogP contribution in [0.5, 0.6) is 0 Å². The summed E-state index contributed by atoms with van der Waals surface area (Å²) in [6.45, 7) is 0.330. The van der Waals surface area contributed by atoms with Crippen LogP contribution in [0.2, 0.25) is 0 Å². The van der Waals surface area contributed by atoms with E-state index in [1.165, 1.54) is 4.90 Å². The van der Waals surface area contributed by atoms with Crippen LogP contribution in [0.3, 0.4) is 0 Å². The predicted molar refractivity (Wildman–Crippen MR) is 98.8 cm³/mol. The largest absolute Gasteiger partial charge is 0.324 e. The molecule has 28 heavy (non-hydrogen) atoms. The molecule has 2 aromatic heterocycles. The quantitative estimate of drug-likeness (QED) is 0.666. The Bertz CT molecular complexity index is 1140. The van der Waals surface area contributed by atoms with Gasteiger partial charge in [-0.2, -0.15) is 0 Å². The minimum Gasteiger partial charge on any atom is -0.324 e. The second-order valence-corrected chi connectivity index (χ2v) is 6.85. The summed E-state index contributed by atoms with van der Waals surface area (Å²) in [4.78, 5) is 37.8. The summed E-state index contributed by atoms with van der Waals surface area (Å²) in [5, 5.41) is 13.8. The number of benzene rings is 1. The first-order valence-corrected chi connectivity index (χ1v) is 8.94. The number of imide groups is 1. The number of anilines is 2. The zero-order valence-electron chi connectivity index (χ0n) is 14.8. The molecule has 1 fully saturated rings. The van der Waals surface area contributed by atoms with E-state index in [2.05, 4.69) is 20.8 Å². The zero-order chi connectivity index (χ0) is 19.3. The third-order valence-electron chi connectivity index (χ3n) is 5.09. The summed E-state index contributed by atoms with van der Waals surface area (Å²) in [5.74, 6) is -0.325. The number of carbonyl (C=O) groups excluding carboxylic acids is 3. The predicted octanol–water partition coefficient (Wildman–Crippen LogP) is 1.23. The number of nitrogens with zero attached hydrogens (tertiary/aromatic N) is 4. The summed E-state index contributed by atoms with van der Waals surface area (Å²) in [6.07, 6.45) is 2.45. The molecule has 140 valence electrons. The number of hydrogen-bond donors (Lipinski definition) is 2. The van der Waals surface area contributed by atoms with Crippen molar-refractivity contribution in [3.8, 4) is 0 Å². The van der Waals surface area contributed by atoms with E-state index in [-0.39, 0.29) is 18.2 Å². The molecule has 0 aliphatic carbocycles. The average molecular weight is 376 g/mol. The lowest BCUT2D eigenvalue weighted by Crippen LogP contribution is -2.52. The topological polar surface area (TPSA) is 109 Å². The first-order valence-electron chi connectivity index (χ1n) is 8.94. The normalized spacial score (nSPS) is 19.1. The number of pyridine rings is 1. The van der Waals surface area contributed by atoms with Crippen molar-refractivity contribution in [2.75, 3.05) is 5.32 Å². The molecule has 2 N–H and O–H groups in total. The summed E-state index contributed by atoms with van der Waals surface area (Å²) in [5.41, 5.74) is 2.90. The van der Waals surface area contributed by atoms with Gasteiger partial charge in [-0.3, -0.25) is 24.1 Å². The van der Waals surface area contributed by atoms with E-state index in [1.54, 1.807) is 12.1 Å². The number of aromatic nitrogens is 3. The molecule has 1 unspecified atom stereocenters. The standard InChI is InChI=1S/C19H16N6O3/c26-16-7-6-14(17(27)21-16)25-10-11-9-12(4-5-13(11)18(25)28)20-19-23-22-15-3-1-2-8-24(15)19/h1-5,8-9,14H,6-7,10H2,(H,20,23)(H,21,26,27). The van der Waals surface area contributed by atoms with Gasteiger partial charge in [0, 0.05) is 30.4 Å². The lowest BCUT2D eigenvalue weighted by molar-refractivity contribution is -0.136. The van der Waals surface area contributed by atoms with Gasteiger partial charge in [-0.05, 0) is 42.3 Å². The maximum Gasteiger partial charge on any atom is 0.255 e. The van der Waals surface area contributed by atoms with Gasteiger partial charge < -0.3 is 10.2 Å². The van der Waals surface area contributed by atoms with Gasteiger partial charge in [-0.1, -0.05) is 6.07 Å². The Balaban J connectivity index is 1.40. The number of carbonyl (C=O) groups is 3. The van der Waals surface area contributed by atoms with Crippen LogP contribution >= 0.6 is 0 Å². The van der Waals surface area contributed by atoms with Crippen LogP contribution < -0.4 is 10.6 Å². The van der Waals surface area contributed by atoms with Gasteiger partial charge in [0.15, 0.2) is 5.65 Å². The molecule has 0 spiro atoms. The Kier molecular flexibility index (Phi) is 3.61. The highest BCUT2D eigenvalue weighted by Crippen LogP contribution is 2.30. The molecule has 4 heterocycles. The molecule has 0 radical (unpaired) electrons. The van der Waals surface area contributed by atoms with Crippen LogP contribution in [-0.2, 0) is 16.1 Å². The van der Waals surface area contributed by atoms with Crippen molar-refractivity contribution >= 4 is 35.0 Å². The molecule has 1 aromatic carbocycles. The molecule has 2 aliphatic rings. The Morgan fingerprint density at radius 2 is 2.00 bits per heavy atom. The molecule has 5 rings (SSSR count). The first kappa shape index (κ1) is 16.4. The third kappa shape index (κ3) is 2.59. The van der Waals surface area contributed by atoms with Crippen molar-refractivity contribution in [1.82, 2.24) is 24.8 Å². The molecule has 1 atom stereocenters. The number of rotatable bonds is 3. The van der Waals surface area contributed by atoms with Crippen molar-refractivity contribution in [2.45, 2.75) is 25.4 Å². The number of hydrogen-bond acceptors (Lipinski definition) is 6. The Morgan fingerprint density at radius 3 is 2.86 bits per heavy atom. The number of piperidine rings is 1. The van der Waals surface area contributed by atoms with E-state index in [0.717, 1.165) is 16.9 Å². The molecule has 9 nitrogen and oxygen atoms in total. The van der Waals surface area contributed by atoms with Crippen LogP contribution in [0.25, 0.3) is 5.65 Å². The van der Waals surface area contributed by atoms with Crippen LogP contribution in [0.1, 0.15) is 28.8 Å². The maximum absolute atomic E-state index is 12.7. The fourth-order valence-electron chi connectivity index (χ4n) is 3.71. The fourth-order valence-corrected chi connectivity index (χ4v) is 3.71. The van der Waals surface area contributed by atoms with Crippen LogP contribution in [0.4, 0.5) is 11.6 Å². The monoisotopic (exact) mass is 376 g/mol. The van der Waals surface area contributed by atoms with Gasteiger partial charge >= 0.3 is 0 Å². The molecule has 3 amide bonds. The molecule has 2 aliphatic heterocycles. The van der Waals surface area contributed by atoms with Gasteiger partial charge in [-0.25, -0.2) is 0 Å². The minimum atomic E-state index is -0.616. The van der Waals surface area contributed by atoms with Crippen molar-refractivity contribution in [3.63, 3.8) is 0 Å². The molecule has 1 saturated heterocycles. The van der Waals surface area contributed by atoms with E-state index in [9.17, 15) is 14.4 Å². The molecule has 3 aromatic rings. The van der Waals surface area contributed by atoms with Gasteiger partial charge in [0.1, 0.15) is 6.04 Å². The van der Waals surface area contributed by atoms with Gasteiger partial charge in [-0.15, -0.1) is 10.2 Å². The molecule has 0 bridgehead atoms. The summed E-state index contributed by atoms with van der Waals surface area (Å²) < 4.78 is 1.83. The highest BCUT2D eigenvalue weighted by Gasteiger charge is 2.39. The molecular weight excluding hydrogens is 360 g/mol. The first-order chi connectivity index (χ1) is 13.6. The summed E-state index contributed by atoms with van der Waals surface area (Å²) >= 11 is 0. The number of nitrogens with one attached hydrogen (secondary N) is 2. The second kappa shape index (κ2) is 6.15. The fraction of sp³-hybridized carbons (Fsp3) is 0.211. The van der Waals surface area contributed by atoms with Gasteiger partial charge in [0.25, 0.3) is 5.91 Å². The Morgan fingerprint density at radius 1 is 1.11 bits per heavy atom. The van der Waals surface area contributed by atoms with Crippen molar-refractivity contribution < 1.29 is 14.4 Å². The van der Waals surface area contributed by atoms with Crippen LogP contribution in [0, 0.1) is 0 Å². The summed E-state index contributed by atoms with van der Waals surface area (Å²) in [7, 11) is 0. The summed E-state index contributed by atoms with van der Waals surface area (Å²) in [6, 6.07) is 10.4. The van der Waals surface area contributed by atoms with E-state index in [4.69, 9.17) is 0 Å².